The molecule has 1 aliphatic heterocycles. The van der Waals surface area contributed by atoms with Gasteiger partial charge in [0.1, 0.15) is 0 Å². The lowest BCUT2D eigenvalue weighted by Gasteiger charge is -2.37. The molecule has 116 valence electrons. The Hall–Kier alpha value is -1.39. The summed E-state index contributed by atoms with van der Waals surface area (Å²) in [6, 6.07) is 10.2. The molecule has 1 aromatic carbocycles. The molecule has 1 saturated heterocycles. The summed E-state index contributed by atoms with van der Waals surface area (Å²) in [6.45, 7) is 3.78. The molecule has 4 heteroatoms. The van der Waals surface area contributed by atoms with Crippen molar-refractivity contribution in [1.29, 1.82) is 0 Å². The zero-order valence-corrected chi connectivity index (χ0v) is 12.9. The van der Waals surface area contributed by atoms with E-state index < -0.39 is 5.41 Å². The lowest BCUT2D eigenvalue weighted by atomic mass is 9.79. The first-order chi connectivity index (χ1) is 10.1. The number of hydrogen-bond donors (Lipinski definition) is 1. The predicted octanol–water partition coefficient (Wildman–Crippen LogP) is 2.04. The van der Waals surface area contributed by atoms with Gasteiger partial charge in [-0.3, -0.25) is 4.79 Å². The van der Waals surface area contributed by atoms with Gasteiger partial charge in [-0.2, -0.15) is 0 Å². The number of aliphatic hydroxyl groups excluding tert-OH is 1. The van der Waals surface area contributed by atoms with E-state index in [1.54, 1.807) is 4.90 Å². The number of carbonyl (C=O) groups excluding carboxylic acids is 1. The number of nitrogens with zero attached hydrogens (tertiary/aromatic N) is 1. The van der Waals surface area contributed by atoms with Gasteiger partial charge in [-0.1, -0.05) is 37.3 Å². The first kappa shape index (κ1) is 16.0. The Bertz CT molecular complexity index is 454. The lowest BCUT2D eigenvalue weighted by Crippen LogP contribution is -2.48. The van der Waals surface area contributed by atoms with E-state index in [2.05, 4.69) is 19.1 Å². The molecular weight excluding hydrogens is 266 g/mol. The molecule has 4 nitrogen and oxygen atoms in total. The van der Waals surface area contributed by atoms with Gasteiger partial charge in [-0.05, 0) is 24.3 Å². The summed E-state index contributed by atoms with van der Waals surface area (Å²) in [5.41, 5.74) is 0.575. The van der Waals surface area contributed by atoms with Crippen LogP contribution in [0.4, 0.5) is 0 Å². The maximum Gasteiger partial charge on any atom is 0.231 e. The number of amides is 1. The molecule has 0 spiro atoms. The summed E-state index contributed by atoms with van der Waals surface area (Å²) in [5.74, 6) is 0.312. The van der Waals surface area contributed by atoms with E-state index in [0.29, 0.717) is 32.6 Å². The van der Waals surface area contributed by atoms with Gasteiger partial charge < -0.3 is 14.7 Å². The second-order valence-electron chi connectivity index (χ2n) is 6.05. The predicted molar refractivity (Wildman–Crippen MR) is 82.1 cm³/mol. The van der Waals surface area contributed by atoms with Gasteiger partial charge in [0.25, 0.3) is 0 Å². The van der Waals surface area contributed by atoms with E-state index in [9.17, 15) is 9.90 Å². The molecular formula is C17H25NO3. The smallest absolute Gasteiger partial charge is 0.231 e. The largest absolute Gasteiger partial charge is 0.395 e. The number of carbonyl (C=O) groups is 1. The number of benzene rings is 1. The minimum absolute atomic E-state index is 0.0380. The molecule has 1 fully saturated rings. The molecule has 1 aromatic rings. The topological polar surface area (TPSA) is 49.8 Å². The van der Waals surface area contributed by atoms with Crippen molar-refractivity contribution in [2.75, 3.05) is 33.4 Å². The number of likely N-dealkylation sites (N-methyl/N-ethyl adjacent to an activating group) is 1. The van der Waals surface area contributed by atoms with Crippen LogP contribution in [0.3, 0.4) is 0 Å². The van der Waals surface area contributed by atoms with E-state index >= 15 is 0 Å². The van der Waals surface area contributed by atoms with Gasteiger partial charge in [0.05, 0.1) is 12.0 Å². The molecule has 1 N–H and O–H groups in total. The fourth-order valence-corrected chi connectivity index (χ4v) is 2.99. The van der Waals surface area contributed by atoms with Gasteiger partial charge in [-0.15, -0.1) is 0 Å². The first-order valence-electron chi connectivity index (χ1n) is 7.58. The van der Waals surface area contributed by atoms with Crippen LogP contribution in [-0.4, -0.2) is 49.3 Å². The van der Waals surface area contributed by atoms with E-state index in [1.165, 1.54) is 5.56 Å². The summed E-state index contributed by atoms with van der Waals surface area (Å²) < 4.78 is 5.33. The quantitative estimate of drug-likeness (QED) is 0.903. The third-order valence-corrected chi connectivity index (χ3v) is 4.47. The molecule has 2 rings (SSSR count). The normalized spacial score (nSPS) is 19.0. The van der Waals surface area contributed by atoms with E-state index in [0.717, 1.165) is 0 Å². The zero-order valence-electron chi connectivity index (χ0n) is 12.9. The molecule has 1 amide bonds. The summed E-state index contributed by atoms with van der Waals surface area (Å²) in [6.07, 6.45) is 1.21. The molecule has 1 atom stereocenters. The van der Waals surface area contributed by atoms with Gasteiger partial charge in [0.15, 0.2) is 0 Å². The van der Waals surface area contributed by atoms with Crippen LogP contribution in [0.1, 0.15) is 31.2 Å². The fourth-order valence-electron chi connectivity index (χ4n) is 2.99. The average molecular weight is 291 g/mol. The van der Waals surface area contributed by atoms with Crippen molar-refractivity contribution >= 4 is 5.91 Å². The number of hydrogen-bond acceptors (Lipinski definition) is 3. The highest BCUT2D eigenvalue weighted by molar-refractivity contribution is 5.82. The Morgan fingerprint density at radius 1 is 1.33 bits per heavy atom. The highest BCUT2D eigenvalue weighted by Crippen LogP contribution is 2.32. The van der Waals surface area contributed by atoms with Crippen LogP contribution < -0.4 is 0 Å². The van der Waals surface area contributed by atoms with Gasteiger partial charge in [0.2, 0.25) is 5.91 Å². The van der Waals surface area contributed by atoms with Crippen molar-refractivity contribution in [2.24, 2.45) is 5.41 Å². The van der Waals surface area contributed by atoms with Crippen LogP contribution in [0, 0.1) is 5.41 Å². The van der Waals surface area contributed by atoms with Crippen LogP contribution in [0.5, 0.6) is 0 Å². The van der Waals surface area contributed by atoms with Crippen molar-refractivity contribution in [3.05, 3.63) is 35.9 Å². The SMILES string of the molecule is CC(CN(C)C(=O)C1(CO)CCOCC1)c1ccccc1. The minimum atomic E-state index is -0.649. The second-order valence-corrected chi connectivity index (χ2v) is 6.05. The summed E-state index contributed by atoms with van der Waals surface area (Å²) in [4.78, 5) is 14.5. The molecule has 0 bridgehead atoms. The maximum absolute atomic E-state index is 12.7. The fraction of sp³-hybridized carbons (Fsp3) is 0.588. The standard InChI is InChI=1S/C17H25NO3/c1-14(15-6-4-3-5-7-15)12-18(2)16(20)17(13-19)8-10-21-11-9-17/h3-7,14,19H,8-13H2,1-2H3. The van der Waals surface area contributed by atoms with Crippen LogP contribution >= 0.6 is 0 Å². The first-order valence-corrected chi connectivity index (χ1v) is 7.58. The average Bonchev–Trinajstić information content (AvgIpc) is 2.55. The van der Waals surface area contributed by atoms with E-state index in [-0.39, 0.29) is 18.4 Å². The molecule has 21 heavy (non-hydrogen) atoms. The van der Waals surface area contributed by atoms with E-state index in [1.807, 2.05) is 25.2 Å². The molecule has 0 radical (unpaired) electrons. The minimum Gasteiger partial charge on any atom is -0.395 e. The maximum atomic E-state index is 12.7. The van der Waals surface area contributed by atoms with Crippen molar-refractivity contribution in [3.8, 4) is 0 Å². The molecule has 1 aliphatic rings. The Morgan fingerprint density at radius 3 is 2.52 bits per heavy atom. The van der Waals surface area contributed by atoms with Gasteiger partial charge in [0, 0.05) is 26.8 Å². The third-order valence-electron chi connectivity index (χ3n) is 4.47. The van der Waals surface area contributed by atoms with Crippen molar-refractivity contribution in [3.63, 3.8) is 0 Å². The molecule has 0 saturated carbocycles. The van der Waals surface area contributed by atoms with Crippen LogP contribution in [0.15, 0.2) is 30.3 Å². The Labute approximate surface area is 126 Å². The Morgan fingerprint density at radius 2 is 1.95 bits per heavy atom. The Kier molecular flexibility index (Phi) is 5.37. The van der Waals surface area contributed by atoms with Gasteiger partial charge in [-0.25, -0.2) is 0 Å². The van der Waals surface area contributed by atoms with Crippen LogP contribution in [-0.2, 0) is 9.53 Å². The molecule has 1 unspecified atom stereocenters. The number of ether oxygens (including phenoxy) is 1. The molecule has 0 aromatic heterocycles. The molecule has 0 aliphatic carbocycles. The number of rotatable bonds is 5. The Balaban J connectivity index is 2.01. The van der Waals surface area contributed by atoms with Crippen LogP contribution in [0.2, 0.25) is 0 Å². The highest BCUT2D eigenvalue weighted by atomic mass is 16.5. The highest BCUT2D eigenvalue weighted by Gasteiger charge is 2.41. The summed E-state index contributed by atoms with van der Waals surface area (Å²) in [5, 5.41) is 9.71. The second kappa shape index (κ2) is 7.05. The third kappa shape index (κ3) is 3.63. The van der Waals surface area contributed by atoms with Crippen LogP contribution in [0.25, 0.3) is 0 Å². The van der Waals surface area contributed by atoms with Crippen molar-refractivity contribution < 1.29 is 14.6 Å². The molecule has 1 heterocycles. The van der Waals surface area contributed by atoms with E-state index in [4.69, 9.17) is 4.74 Å². The monoisotopic (exact) mass is 291 g/mol. The zero-order chi connectivity index (χ0) is 15.3. The lowest BCUT2D eigenvalue weighted by molar-refractivity contribution is -0.150. The summed E-state index contributed by atoms with van der Waals surface area (Å²) in [7, 11) is 1.83. The number of aliphatic hydroxyl groups is 1. The summed E-state index contributed by atoms with van der Waals surface area (Å²) >= 11 is 0. The van der Waals surface area contributed by atoms with Crippen molar-refractivity contribution in [2.45, 2.75) is 25.7 Å². The van der Waals surface area contributed by atoms with Crippen molar-refractivity contribution in [1.82, 2.24) is 4.90 Å². The van der Waals surface area contributed by atoms with Gasteiger partial charge >= 0.3 is 0 Å².